The highest BCUT2D eigenvalue weighted by atomic mass is 32.1. The van der Waals surface area contributed by atoms with Crippen LogP contribution in [0.5, 0.6) is 0 Å². The zero-order valence-electron chi connectivity index (χ0n) is 18.0. The average molecular weight is 466 g/mol. The van der Waals surface area contributed by atoms with E-state index >= 15 is 0 Å². The number of hydrogen-bond acceptors (Lipinski definition) is 5. The highest BCUT2D eigenvalue weighted by Gasteiger charge is 2.31. The van der Waals surface area contributed by atoms with Gasteiger partial charge in [0.1, 0.15) is 11.6 Å². The van der Waals surface area contributed by atoms with E-state index in [0.29, 0.717) is 49.9 Å². The van der Waals surface area contributed by atoms with E-state index < -0.39 is 11.7 Å². The third kappa shape index (κ3) is 4.91. The molecule has 1 aliphatic heterocycles. The highest BCUT2D eigenvalue weighted by Crippen LogP contribution is 2.32. The molecule has 3 aromatic rings. The summed E-state index contributed by atoms with van der Waals surface area (Å²) in [6.45, 7) is 7.92. The molecular weight excluding hydrogens is 439 g/mol. The van der Waals surface area contributed by atoms with Crippen LogP contribution in [0.15, 0.2) is 47.1 Å². The molecule has 1 fully saturated rings. The molecule has 32 heavy (non-hydrogen) atoms. The van der Waals surface area contributed by atoms with E-state index in [2.05, 4.69) is 18.7 Å². The van der Waals surface area contributed by atoms with Gasteiger partial charge < -0.3 is 9.32 Å². The molecule has 172 valence electrons. The Morgan fingerprint density at radius 3 is 2.47 bits per heavy atom. The molecule has 3 heterocycles. The minimum Gasteiger partial charge on any atom is -0.467 e. The summed E-state index contributed by atoms with van der Waals surface area (Å²) in [4.78, 5) is 4.20. The van der Waals surface area contributed by atoms with E-state index in [9.17, 15) is 13.2 Å². The lowest BCUT2D eigenvalue weighted by molar-refractivity contribution is -0.137. The molecule has 0 spiro atoms. The second kappa shape index (κ2) is 9.11. The average Bonchev–Trinajstić information content (AvgIpc) is 3.38. The van der Waals surface area contributed by atoms with E-state index in [0.717, 1.165) is 17.7 Å². The van der Waals surface area contributed by atoms with Crippen LogP contribution < -0.4 is 4.90 Å². The fourth-order valence-electron chi connectivity index (χ4n) is 3.90. The van der Waals surface area contributed by atoms with Crippen molar-refractivity contribution in [2.75, 3.05) is 31.1 Å². The monoisotopic (exact) mass is 465 g/mol. The van der Waals surface area contributed by atoms with Crippen molar-refractivity contribution in [3.05, 3.63) is 64.6 Å². The Labute approximate surface area is 189 Å². The zero-order valence-corrected chi connectivity index (χ0v) is 18.9. The predicted octanol–water partition coefficient (Wildman–Crippen LogP) is 4.98. The molecule has 0 aliphatic carbocycles. The molecule has 1 aliphatic rings. The van der Waals surface area contributed by atoms with Gasteiger partial charge in [0.15, 0.2) is 4.77 Å². The summed E-state index contributed by atoms with van der Waals surface area (Å²) in [5.41, 5.74) is -0.0204. The molecule has 1 aromatic carbocycles. The van der Waals surface area contributed by atoms with Gasteiger partial charge in [-0.05, 0) is 42.5 Å². The minimum atomic E-state index is -4.34. The van der Waals surface area contributed by atoms with Crippen molar-refractivity contribution in [1.29, 1.82) is 0 Å². The van der Waals surface area contributed by atoms with Crippen LogP contribution in [-0.2, 0) is 19.4 Å². The molecule has 0 bridgehead atoms. The minimum absolute atomic E-state index is 0.200. The Balaban J connectivity index is 1.44. The predicted molar refractivity (Wildman–Crippen MR) is 118 cm³/mol. The molecule has 2 aromatic heterocycles. The van der Waals surface area contributed by atoms with Gasteiger partial charge in [-0.3, -0.25) is 9.47 Å². The van der Waals surface area contributed by atoms with Crippen LogP contribution >= 0.6 is 12.2 Å². The van der Waals surface area contributed by atoms with Crippen LogP contribution in [0.3, 0.4) is 0 Å². The van der Waals surface area contributed by atoms with Crippen LogP contribution in [0.2, 0.25) is 0 Å². The Morgan fingerprint density at radius 1 is 1.09 bits per heavy atom. The number of hydrogen-bond donors (Lipinski definition) is 0. The number of aromatic nitrogens is 3. The topological polar surface area (TPSA) is 42.4 Å². The smallest absolute Gasteiger partial charge is 0.416 e. The van der Waals surface area contributed by atoms with Crippen molar-refractivity contribution >= 4 is 17.9 Å². The first kappa shape index (κ1) is 22.6. The molecule has 1 saturated heterocycles. The van der Waals surface area contributed by atoms with E-state index in [4.69, 9.17) is 21.7 Å². The molecular formula is C22H26F3N5OS. The van der Waals surface area contributed by atoms with Gasteiger partial charge in [0.05, 0.1) is 25.0 Å². The maximum Gasteiger partial charge on any atom is 0.416 e. The molecule has 0 N–H and O–H groups in total. The fraction of sp³-hybridized carbons (Fsp3) is 0.455. The first-order valence-corrected chi connectivity index (χ1v) is 11.0. The summed E-state index contributed by atoms with van der Waals surface area (Å²) in [5, 5.41) is 4.75. The zero-order chi connectivity index (χ0) is 22.9. The fourth-order valence-corrected chi connectivity index (χ4v) is 4.16. The molecule has 0 unspecified atom stereocenters. The lowest BCUT2D eigenvalue weighted by Crippen LogP contribution is -2.47. The number of nitrogens with zero attached hydrogens (tertiary/aromatic N) is 5. The second-order valence-electron chi connectivity index (χ2n) is 8.26. The first-order chi connectivity index (χ1) is 15.2. The molecule has 0 radical (unpaired) electrons. The van der Waals surface area contributed by atoms with Crippen molar-refractivity contribution in [1.82, 2.24) is 19.2 Å². The van der Waals surface area contributed by atoms with Gasteiger partial charge in [-0.25, -0.2) is 4.68 Å². The maximum absolute atomic E-state index is 13.0. The first-order valence-electron chi connectivity index (χ1n) is 10.6. The van der Waals surface area contributed by atoms with E-state index in [1.54, 1.807) is 12.3 Å². The van der Waals surface area contributed by atoms with E-state index in [1.807, 2.05) is 26.3 Å². The van der Waals surface area contributed by atoms with Gasteiger partial charge in [0.25, 0.3) is 0 Å². The number of benzene rings is 1. The summed E-state index contributed by atoms with van der Waals surface area (Å²) >= 11 is 5.70. The van der Waals surface area contributed by atoms with E-state index in [1.165, 1.54) is 12.1 Å². The number of alkyl halides is 3. The Bertz CT molecular complexity index is 1100. The number of halogens is 3. The maximum atomic E-state index is 13.0. The normalized spacial score (nSPS) is 15.6. The van der Waals surface area contributed by atoms with E-state index in [-0.39, 0.29) is 5.92 Å². The van der Waals surface area contributed by atoms with Gasteiger partial charge in [0.2, 0.25) is 0 Å². The second-order valence-corrected chi connectivity index (χ2v) is 8.62. The van der Waals surface area contributed by atoms with Gasteiger partial charge in [-0.1, -0.05) is 19.9 Å². The van der Waals surface area contributed by atoms with Crippen LogP contribution in [0.1, 0.15) is 36.9 Å². The Hall–Kier alpha value is -2.59. The Kier molecular flexibility index (Phi) is 6.43. The number of rotatable bonds is 6. The Morgan fingerprint density at radius 2 is 1.84 bits per heavy atom. The molecule has 10 heteroatoms. The third-order valence-corrected chi connectivity index (χ3v) is 6.04. The van der Waals surface area contributed by atoms with Crippen molar-refractivity contribution in [2.24, 2.45) is 0 Å². The largest absolute Gasteiger partial charge is 0.467 e. The number of furan rings is 1. The lowest BCUT2D eigenvalue weighted by atomic mass is 10.1. The van der Waals surface area contributed by atoms with Crippen molar-refractivity contribution in [2.45, 2.75) is 39.2 Å². The molecule has 4 rings (SSSR count). The summed E-state index contributed by atoms with van der Waals surface area (Å²) < 4.78 is 49.0. The molecule has 0 amide bonds. The summed E-state index contributed by atoms with van der Waals surface area (Å²) in [6, 6.07) is 9.28. The molecule has 6 nitrogen and oxygen atoms in total. The van der Waals surface area contributed by atoms with Crippen molar-refractivity contribution in [3.63, 3.8) is 0 Å². The van der Waals surface area contributed by atoms with Crippen LogP contribution in [0.4, 0.5) is 18.9 Å². The molecule has 0 atom stereocenters. The van der Waals surface area contributed by atoms with Gasteiger partial charge in [-0.2, -0.15) is 18.3 Å². The summed E-state index contributed by atoms with van der Waals surface area (Å²) in [7, 11) is 0. The SMILES string of the molecule is CC(C)c1nn(CN2CCN(c3cccc(C(F)(F)F)c3)CC2)c(=S)n1Cc1ccco1. The van der Waals surface area contributed by atoms with Gasteiger partial charge >= 0.3 is 6.18 Å². The lowest BCUT2D eigenvalue weighted by Gasteiger charge is -2.36. The molecule has 0 saturated carbocycles. The van der Waals surface area contributed by atoms with Gasteiger partial charge in [0, 0.05) is 37.8 Å². The van der Waals surface area contributed by atoms with Crippen LogP contribution in [0.25, 0.3) is 0 Å². The van der Waals surface area contributed by atoms with Gasteiger partial charge in [-0.15, -0.1) is 0 Å². The number of piperazine rings is 1. The third-order valence-electron chi connectivity index (χ3n) is 5.61. The number of anilines is 1. The van der Waals surface area contributed by atoms with Crippen molar-refractivity contribution in [3.8, 4) is 0 Å². The summed E-state index contributed by atoms with van der Waals surface area (Å²) in [5.74, 6) is 1.91. The highest BCUT2D eigenvalue weighted by molar-refractivity contribution is 7.71. The van der Waals surface area contributed by atoms with Crippen molar-refractivity contribution < 1.29 is 17.6 Å². The van der Waals surface area contributed by atoms with Crippen LogP contribution in [-0.4, -0.2) is 45.4 Å². The summed E-state index contributed by atoms with van der Waals surface area (Å²) in [6.07, 6.45) is -2.70. The standard InChI is InChI=1S/C22H26F3N5OS/c1-16(2)20-26-30(21(32)29(20)14-19-7-4-12-31-19)15-27-8-10-28(11-9-27)18-6-3-5-17(13-18)22(23,24)25/h3-7,12-13,16H,8-11,14-15H2,1-2H3. The quantitative estimate of drug-likeness (QED) is 0.481. The van der Waals surface area contributed by atoms with Crippen LogP contribution in [0, 0.1) is 4.77 Å².